The molecule has 5 nitrogen and oxygen atoms in total. The van der Waals surface area contributed by atoms with E-state index in [-0.39, 0.29) is 5.41 Å². The van der Waals surface area contributed by atoms with E-state index in [1.54, 1.807) is 0 Å². The first-order chi connectivity index (χ1) is 11.8. The van der Waals surface area contributed by atoms with E-state index in [1.807, 2.05) is 11.3 Å². The zero-order chi connectivity index (χ0) is 17.8. The van der Waals surface area contributed by atoms with Gasteiger partial charge in [0.2, 0.25) is 0 Å². The van der Waals surface area contributed by atoms with Gasteiger partial charge < -0.3 is 0 Å². The first-order valence-corrected chi connectivity index (χ1v) is 10.2. The van der Waals surface area contributed by atoms with Gasteiger partial charge in [0.15, 0.2) is 0 Å². The lowest BCUT2D eigenvalue weighted by molar-refractivity contribution is 0.0952. The molecule has 25 heavy (non-hydrogen) atoms. The summed E-state index contributed by atoms with van der Waals surface area (Å²) in [7, 11) is 0. The maximum absolute atomic E-state index is 4.60. The maximum Gasteiger partial charge on any atom is 0.0900 e. The van der Waals surface area contributed by atoms with E-state index in [9.17, 15) is 0 Å². The van der Waals surface area contributed by atoms with Crippen LogP contribution in [0.2, 0.25) is 0 Å². The monoisotopic (exact) mass is 359 g/mol. The minimum absolute atomic E-state index is 0.0689. The van der Waals surface area contributed by atoms with Crippen LogP contribution in [0.15, 0.2) is 6.20 Å². The molecule has 0 radical (unpaired) electrons. The van der Waals surface area contributed by atoms with Crippen LogP contribution in [0.25, 0.3) is 0 Å². The number of aryl methyl sites for hydroxylation is 2. The van der Waals surface area contributed by atoms with Gasteiger partial charge in [0, 0.05) is 35.1 Å². The summed E-state index contributed by atoms with van der Waals surface area (Å²) in [6.45, 7) is 11.9. The summed E-state index contributed by atoms with van der Waals surface area (Å²) in [6, 6.07) is 1.85. The van der Waals surface area contributed by atoms with E-state index < -0.39 is 0 Å². The van der Waals surface area contributed by atoms with Crippen LogP contribution in [0.3, 0.4) is 0 Å². The molecule has 2 bridgehead atoms. The second-order valence-electron chi connectivity index (χ2n) is 8.76. The Morgan fingerprint density at radius 1 is 1.12 bits per heavy atom. The molecule has 2 aliphatic rings. The summed E-state index contributed by atoms with van der Waals surface area (Å²) in [5.74, 6) is 0. The van der Waals surface area contributed by atoms with Crippen LogP contribution in [0.5, 0.6) is 0 Å². The molecule has 2 aliphatic heterocycles. The normalized spacial score (nSPS) is 27.2. The van der Waals surface area contributed by atoms with Crippen LogP contribution in [0, 0.1) is 13.8 Å². The molecule has 2 aromatic rings. The number of piperidine rings is 1. The van der Waals surface area contributed by atoms with Gasteiger partial charge in [0.05, 0.1) is 22.4 Å². The van der Waals surface area contributed by atoms with E-state index in [1.165, 1.54) is 41.3 Å². The van der Waals surface area contributed by atoms with Crippen molar-refractivity contribution < 1.29 is 0 Å². The third kappa shape index (κ3) is 3.26. The fourth-order valence-electron chi connectivity index (χ4n) is 4.40. The second kappa shape index (κ2) is 6.16. The molecule has 136 valence electrons. The molecule has 4 rings (SSSR count). The largest absolute Gasteiger partial charge is 0.292 e. The molecule has 0 aliphatic carbocycles. The first-order valence-electron chi connectivity index (χ1n) is 9.42. The van der Waals surface area contributed by atoms with Crippen LogP contribution >= 0.6 is 11.3 Å². The Morgan fingerprint density at radius 3 is 2.32 bits per heavy atom. The third-order valence-corrected chi connectivity index (χ3v) is 6.90. The minimum atomic E-state index is 0.0689. The lowest BCUT2D eigenvalue weighted by Gasteiger charge is -2.38. The van der Waals surface area contributed by atoms with Crippen molar-refractivity contribution in [2.24, 2.45) is 0 Å². The highest BCUT2D eigenvalue weighted by Crippen LogP contribution is 2.42. The SMILES string of the molecule is Cc1nc(C)c(CN2C3CCC2CC(n2cc(C(C)(C)C)nn2)C3)s1. The number of hydrogen-bond donors (Lipinski definition) is 0. The Morgan fingerprint density at radius 2 is 1.80 bits per heavy atom. The van der Waals surface area contributed by atoms with Gasteiger partial charge >= 0.3 is 0 Å². The number of fused-ring (bicyclic) bond motifs is 2. The molecular weight excluding hydrogens is 330 g/mol. The molecule has 2 aromatic heterocycles. The average molecular weight is 360 g/mol. The van der Waals surface area contributed by atoms with Crippen molar-refractivity contribution >= 4 is 11.3 Å². The quantitative estimate of drug-likeness (QED) is 0.830. The summed E-state index contributed by atoms with van der Waals surface area (Å²) >= 11 is 1.86. The molecule has 2 fully saturated rings. The van der Waals surface area contributed by atoms with Crippen LogP contribution in [0.1, 0.15) is 73.8 Å². The number of nitrogens with zero attached hydrogens (tertiary/aromatic N) is 5. The van der Waals surface area contributed by atoms with Crippen LogP contribution in [-0.4, -0.2) is 37.0 Å². The van der Waals surface area contributed by atoms with Crippen LogP contribution in [0.4, 0.5) is 0 Å². The van der Waals surface area contributed by atoms with Gasteiger partial charge in [-0.1, -0.05) is 26.0 Å². The molecule has 4 heterocycles. The van der Waals surface area contributed by atoms with Crippen molar-refractivity contribution in [3.05, 3.63) is 27.5 Å². The minimum Gasteiger partial charge on any atom is -0.292 e. The van der Waals surface area contributed by atoms with Gasteiger partial charge in [-0.3, -0.25) is 4.90 Å². The zero-order valence-corrected chi connectivity index (χ0v) is 16.8. The lowest BCUT2D eigenvalue weighted by atomic mass is 9.93. The summed E-state index contributed by atoms with van der Waals surface area (Å²) < 4.78 is 2.14. The van der Waals surface area contributed by atoms with Gasteiger partial charge in [-0.25, -0.2) is 9.67 Å². The van der Waals surface area contributed by atoms with Gasteiger partial charge in [0.1, 0.15) is 0 Å². The van der Waals surface area contributed by atoms with Gasteiger partial charge in [-0.05, 0) is 39.5 Å². The van der Waals surface area contributed by atoms with Gasteiger partial charge in [-0.15, -0.1) is 16.4 Å². The molecule has 2 unspecified atom stereocenters. The third-order valence-electron chi connectivity index (χ3n) is 5.84. The Labute approximate surface area is 154 Å². The average Bonchev–Trinajstić information content (AvgIpc) is 3.18. The van der Waals surface area contributed by atoms with Crippen molar-refractivity contribution in [3.8, 4) is 0 Å². The van der Waals surface area contributed by atoms with Crippen LogP contribution in [-0.2, 0) is 12.0 Å². The van der Waals surface area contributed by atoms with Gasteiger partial charge in [-0.2, -0.15) is 0 Å². The Kier molecular flexibility index (Phi) is 4.23. The van der Waals surface area contributed by atoms with E-state index in [2.05, 4.69) is 65.7 Å². The number of thiazole rings is 1. The number of aromatic nitrogens is 4. The Bertz CT molecular complexity index is 742. The highest BCUT2D eigenvalue weighted by atomic mass is 32.1. The Hall–Kier alpha value is -1.27. The summed E-state index contributed by atoms with van der Waals surface area (Å²) in [5, 5.41) is 10.1. The van der Waals surface area contributed by atoms with Crippen molar-refractivity contribution in [2.45, 2.75) is 90.4 Å². The smallest absolute Gasteiger partial charge is 0.0900 e. The maximum atomic E-state index is 4.60. The standard InChI is InChI=1S/C19H29N5S/c1-12-17(25-13(2)20-12)10-23-14-6-7-15(23)9-16(8-14)24-11-18(21-22-24)19(3,4)5/h11,14-16H,6-10H2,1-5H3. The number of rotatable bonds is 3. The first kappa shape index (κ1) is 17.2. The molecule has 6 heteroatoms. The molecule has 0 spiro atoms. The Balaban J connectivity index is 1.48. The zero-order valence-electron chi connectivity index (χ0n) is 16.0. The molecule has 2 atom stereocenters. The summed E-state index contributed by atoms with van der Waals surface area (Å²) in [5.41, 5.74) is 2.38. The molecule has 0 aromatic carbocycles. The van der Waals surface area contributed by atoms with E-state index >= 15 is 0 Å². The molecule has 0 N–H and O–H groups in total. The van der Waals surface area contributed by atoms with Crippen molar-refractivity contribution in [1.29, 1.82) is 0 Å². The topological polar surface area (TPSA) is 46.8 Å². The van der Waals surface area contributed by atoms with Crippen molar-refractivity contribution in [2.75, 3.05) is 0 Å². The second-order valence-corrected chi connectivity index (χ2v) is 10.0. The highest BCUT2D eigenvalue weighted by Gasteiger charge is 2.42. The predicted molar refractivity (Wildman–Crippen MR) is 101 cm³/mol. The highest BCUT2D eigenvalue weighted by molar-refractivity contribution is 7.11. The van der Waals surface area contributed by atoms with Crippen LogP contribution < -0.4 is 0 Å². The number of hydrogen-bond acceptors (Lipinski definition) is 5. The molecular formula is C19H29N5S. The van der Waals surface area contributed by atoms with E-state index in [0.717, 1.165) is 12.2 Å². The van der Waals surface area contributed by atoms with E-state index in [0.29, 0.717) is 18.1 Å². The fourth-order valence-corrected chi connectivity index (χ4v) is 5.35. The molecule has 0 amide bonds. The summed E-state index contributed by atoms with van der Waals surface area (Å²) in [6.07, 6.45) is 7.20. The lowest BCUT2D eigenvalue weighted by Crippen LogP contribution is -2.42. The fraction of sp³-hybridized carbons (Fsp3) is 0.737. The van der Waals surface area contributed by atoms with E-state index in [4.69, 9.17) is 0 Å². The van der Waals surface area contributed by atoms with Crippen molar-refractivity contribution in [1.82, 2.24) is 24.9 Å². The van der Waals surface area contributed by atoms with Crippen molar-refractivity contribution in [3.63, 3.8) is 0 Å². The predicted octanol–water partition coefficient (Wildman–Crippen LogP) is 4.02. The molecule has 2 saturated heterocycles. The van der Waals surface area contributed by atoms with Gasteiger partial charge in [0.25, 0.3) is 0 Å². The molecule has 0 saturated carbocycles. The summed E-state index contributed by atoms with van der Waals surface area (Å²) in [4.78, 5) is 8.79.